The fourth-order valence-electron chi connectivity index (χ4n) is 1.68. The molecule has 4 N–H and O–H groups in total. The second-order valence-electron chi connectivity index (χ2n) is 5.31. The Balaban J connectivity index is 2.63. The molecule has 0 unspecified atom stereocenters. The molecule has 21 heavy (non-hydrogen) atoms. The van der Waals surface area contributed by atoms with Crippen LogP contribution in [0.15, 0.2) is 29.3 Å². The molecule has 0 spiro atoms. The number of hydrogen-bond donors (Lipinski definition) is 3. The number of sulfonamides is 1. The van der Waals surface area contributed by atoms with Gasteiger partial charge < -0.3 is 15.8 Å². The number of ether oxygens (including phenoxy) is 1. The normalized spacial score (nSPS) is 13.0. The quantitative estimate of drug-likeness (QED) is 0.531. The first kappa shape index (κ1) is 17.3. The van der Waals surface area contributed by atoms with Gasteiger partial charge in [0.25, 0.3) is 0 Å². The summed E-state index contributed by atoms with van der Waals surface area (Å²) in [6, 6.07) is 7.21. The van der Waals surface area contributed by atoms with Crippen molar-refractivity contribution in [1.82, 2.24) is 4.72 Å². The van der Waals surface area contributed by atoms with Gasteiger partial charge in [0.05, 0.1) is 19.9 Å². The molecule has 118 valence electrons. The van der Waals surface area contributed by atoms with Gasteiger partial charge >= 0.3 is 0 Å². The number of methoxy groups -OCH3 is 1. The van der Waals surface area contributed by atoms with Gasteiger partial charge in [0.1, 0.15) is 5.75 Å². The third-order valence-electron chi connectivity index (χ3n) is 2.47. The fraction of sp³-hybridized carbons (Fsp3) is 0.462. The molecule has 1 rings (SSSR count). The summed E-state index contributed by atoms with van der Waals surface area (Å²) >= 11 is 0. The van der Waals surface area contributed by atoms with Crippen LogP contribution in [0, 0.1) is 0 Å². The lowest BCUT2D eigenvalue weighted by molar-refractivity contribution is 0.415. The molecule has 0 atom stereocenters. The van der Waals surface area contributed by atoms with Gasteiger partial charge in [-0.15, -0.1) is 0 Å². The van der Waals surface area contributed by atoms with E-state index in [1.807, 2.05) is 0 Å². The van der Waals surface area contributed by atoms with Crippen LogP contribution in [0.5, 0.6) is 5.75 Å². The second-order valence-corrected chi connectivity index (χ2v) is 7.06. The van der Waals surface area contributed by atoms with Crippen molar-refractivity contribution in [1.29, 1.82) is 0 Å². The number of benzene rings is 1. The second kappa shape index (κ2) is 6.77. The first-order valence-corrected chi connectivity index (χ1v) is 8.20. The summed E-state index contributed by atoms with van der Waals surface area (Å²) in [5.41, 5.74) is 5.84. The number of anilines is 1. The van der Waals surface area contributed by atoms with E-state index < -0.39 is 15.6 Å². The average Bonchev–Trinajstić information content (AvgIpc) is 2.35. The Morgan fingerprint density at radius 2 is 1.90 bits per heavy atom. The summed E-state index contributed by atoms with van der Waals surface area (Å²) in [4.78, 5) is 4.14. The Hall–Kier alpha value is -1.80. The molecule has 0 aliphatic rings. The Labute approximate surface area is 125 Å². The van der Waals surface area contributed by atoms with E-state index >= 15 is 0 Å². The predicted octanol–water partition coefficient (Wildman–Crippen LogP) is 0.750. The number of rotatable bonds is 6. The summed E-state index contributed by atoms with van der Waals surface area (Å²) < 4.78 is 30.0. The molecule has 7 nitrogen and oxygen atoms in total. The highest BCUT2D eigenvalue weighted by molar-refractivity contribution is 7.88. The number of nitrogens with two attached hydrogens (primary N) is 1. The predicted molar refractivity (Wildman–Crippen MR) is 85.2 cm³/mol. The molecule has 8 heteroatoms. The number of guanidine groups is 1. The molecule has 0 aliphatic heterocycles. The number of nitrogens with one attached hydrogen (secondary N) is 2. The zero-order valence-corrected chi connectivity index (χ0v) is 13.5. The zero-order valence-electron chi connectivity index (χ0n) is 12.7. The summed E-state index contributed by atoms with van der Waals surface area (Å²) in [6.07, 6.45) is 1.11. The lowest BCUT2D eigenvalue weighted by atomic mass is 10.1. The molecule has 1 aromatic rings. The maximum absolute atomic E-state index is 11.2. The van der Waals surface area contributed by atoms with Gasteiger partial charge in [-0.2, -0.15) is 0 Å². The van der Waals surface area contributed by atoms with Crippen molar-refractivity contribution in [3.05, 3.63) is 24.3 Å². The monoisotopic (exact) mass is 314 g/mol. The van der Waals surface area contributed by atoms with Crippen molar-refractivity contribution < 1.29 is 13.2 Å². The van der Waals surface area contributed by atoms with Gasteiger partial charge in [-0.05, 0) is 38.1 Å². The molecule has 0 radical (unpaired) electrons. The number of aliphatic imine (C=N–C) groups is 1. The topological polar surface area (TPSA) is 106 Å². The van der Waals surface area contributed by atoms with Crippen LogP contribution in [0.2, 0.25) is 0 Å². The lowest BCUT2D eigenvalue weighted by Gasteiger charge is -2.22. The molecule has 0 saturated carbocycles. The van der Waals surface area contributed by atoms with Gasteiger partial charge in [0, 0.05) is 11.2 Å². The number of hydrogen-bond acceptors (Lipinski definition) is 4. The smallest absolute Gasteiger partial charge is 0.209 e. The molecular formula is C13H22N4O3S. The zero-order chi connectivity index (χ0) is 16.1. The summed E-state index contributed by atoms with van der Waals surface area (Å²) in [6.45, 7) is 3.69. The number of nitrogens with zero attached hydrogens (tertiary/aromatic N) is 1. The minimum Gasteiger partial charge on any atom is -0.497 e. The average molecular weight is 314 g/mol. The van der Waals surface area contributed by atoms with E-state index in [9.17, 15) is 8.42 Å². The highest BCUT2D eigenvalue weighted by Gasteiger charge is 2.21. The SMILES string of the molecule is COc1ccc(NC(N)=NCC(C)(C)NS(C)(=O)=O)cc1. The minimum atomic E-state index is -3.29. The standard InChI is InChI=1S/C13H22N4O3S/c1-13(2,17-21(4,18)19)9-15-12(14)16-10-5-7-11(20-3)8-6-10/h5-8,17H,9H2,1-4H3,(H3,14,15,16). The largest absolute Gasteiger partial charge is 0.497 e. The molecule has 0 fully saturated rings. The maximum atomic E-state index is 11.2. The summed E-state index contributed by atoms with van der Waals surface area (Å²) in [5.74, 6) is 0.957. The lowest BCUT2D eigenvalue weighted by Crippen LogP contribution is -2.45. The van der Waals surface area contributed by atoms with Gasteiger partial charge in [0.15, 0.2) is 5.96 Å². The van der Waals surface area contributed by atoms with Crippen LogP contribution in [-0.2, 0) is 10.0 Å². The van der Waals surface area contributed by atoms with Crippen LogP contribution in [0.1, 0.15) is 13.8 Å². The van der Waals surface area contributed by atoms with Crippen LogP contribution in [0.3, 0.4) is 0 Å². The van der Waals surface area contributed by atoms with Crippen molar-refractivity contribution in [3.8, 4) is 5.75 Å². The van der Waals surface area contributed by atoms with Crippen LogP contribution < -0.4 is 20.5 Å². The highest BCUT2D eigenvalue weighted by Crippen LogP contribution is 2.14. The van der Waals surface area contributed by atoms with Crippen molar-refractivity contribution >= 4 is 21.7 Å². The van der Waals surface area contributed by atoms with Gasteiger partial charge in [0.2, 0.25) is 10.0 Å². The highest BCUT2D eigenvalue weighted by atomic mass is 32.2. The minimum absolute atomic E-state index is 0.212. The van der Waals surface area contributed by atoms with Gasteiger partial charge in [-0.1, -0.05) is 0 Å². The first-order chi connectivity index (χ1) is 9.61. The third-order valence-corrected chi connectivity index (χ3v) is 3.39. The third kappa shape index (κ3) is 6.96. The fourth-order valence-corrected chi connectivity index (χ4v) is 2.75. The molecule has 0 amide bonds. The summed E-state index contributed by atoms with van der Waals surface area (Å²) in [7, 11) is -1.70. The molecule has 0 heterocycles. The van der Waals surface area contributed by atoms with Crippen LogP contribution in [-0.4, -0.2) is 39.8 Å². The Morgan fingerprint density at radius 3 is 2.38 bits per heavy atom. The summed E-state index contributed by atoms with van der Waals surface area (Å²) in [5, 5.41) is 2.92. The van der Waals surface area contributed by atoms with Gasteiger partial charge in [-0.25, -0.2) is 13.1 Å². The Bertz CT molecular complexity index is 594. The van der Waals surface area contributed by atoms with E-state index in [1.165, 1.54) is 0 Å². The van der Waals surface area contributed by atoms with Crippen molar-refractivity contribution in [2.45, 2.75) is 19.4 Å². The van der Waals surface area contributed by atoms with E-state index in [0.717, 1.165) is 17.7 Å². The molecule has 0 bridgehead atoms. The van der Waals surface area contributed by atoms with Gasteiger partial charge in [-0.3, -0.25) is 4.99 Å². The van der Waals surface area contributed by atoms with Crippen molar-refractivity contribution in [3.63, 3.8) is 0 Å². The molecule has 0 aliphatic carbocycles. The van der Waals surface area contributed by atoms with Crippen LogP contribution >= 0.6 is 0 Å². The Morgan fingerprint density at radius 1 is 1.33 bits per heavy atom. The molecule has 0 saturated heterocycles. The van der Waals surface area contributed by atoms with Crippen molar-refractivity contribution in [2.24, 2.45) is 10.7 Å². The molecular weight excluding hydrogens is 292 g/mol. The van der Waals surface area contributed by atoms with E-state index in [2.05, 4.69) is 15.0 Å². The Kier molecular flexibility index (Phi) is 5.56. The van der Waals surface area contributed by atoms with E-state index in [0.29, 0.717) is 0 Å². The van der Waals surface area contributed by atoms with E-state index in [-0.39, 0.29) is 12.5 Å². The first-order valence-electron chi connectivity index (χ1n) is 6.31. The van der Waals surface area contributed by atoms with Crippen LogP contribution in [0.4, 0.5) is 5.69 Å². The van der Waals surface area contributed by atoms with Crippen molar-refractivity contribution in [2.75, 3.05) is 25.2 Å². The molecule has 1 aromatic carbocycles. The maximum Gasteiger partial charge on any atom is 0.209 e. The van der Waals surface area contributed by atoms with Crippen LogP contribution in [0.25, 0.3) is 0 Å². The van der Waals surface area contributed by atoms with E-state index in [4.69, 9.17) is 10.5 Å². The van der Waals surface area contributed by atoms with E-state index in [1.54, 1.807) is 45.2 Å². The molecule has 0 aromatic heterocycles.